The van der Waals surface area contributed by atoms with E-state index in [1.807, 2.05) is 30.5 Å². The Bertz CT molecular complexity index is 594. The molecule has 2 aromatic carbocycles. The molecule has 0 aliphatic carbocycles. The van der Waals surface area contributed by atoms with Crippen LogP contribution < -0.4 is 0 Å². The number of rotatable bonds is 4. The molecule has 0 spiro atoms. The van der Waals surface area contributed by atoms with Gasteiger partial charge in [0.2, 0.25) is 0 Å². The minimum Gasteiger partial charge on any atom is -0.258 e. The zero-order chi connectivity index (χ0) is 13.7. The second-order valence-corrected chi connectivity index (χ2v) is 4.55. The van der Waals surface area contributed by atoms with Crippen molar-refractivity contribution < 1.29 is 4.92 Å². The van der Waals surface area contributed by atoms with Gasteiger partial charge in [0.25, 0.3) is 5.69 Å². The van der Waals surface area contributed by atoms with Gasteiger partial charge < -0.3 is 0 Å². The number of nitrogens with zero attached hydrogens (tertiary/aromatic N) is 3. The first-order valence-electron chi connectivity index (χ1n) is 5.49. The van der Waals surface area contributed by atoms with E-state index < -0.39 is 4.92 Å². The lowest BCUT2D eigenvalue weighted by atomic mass is 10.3. The first kappa shape index (κ1) is 13.2. The van der Waals surface area contributed by atoms with Gasteiger partial charge in [-0.25, -0.2) is 0 Å². The normalized spacial score (nSPS) is 10.8. The van der Waals surface area contributed by atoms with E-state index in [0.717, 1.165) is 10.6 Å². The Hall–Kier alpha value is -2.21. The summed E-state index contributed by atoms with van der Waals surface area (Å²) in [6.45, 7) is 0. The average molecular weight is 273 g/mol. The van der Waals surface area contributed by atoms with Crippen LogP contribution >= 0.6 is 11.8 Å². The highest BCUT2D eigenvalue weighted by Gasteiger charge is 2.02. The van der Waals surface area contributed by atoms with Crippen molar-refractivity contribution >= 4 is 28.8 Å². The van der Waals surface area contributed by atoms with Crippen molar-refractivity contribution in [3.8, 4) is 0 Å². The smallest absolute Gasteiger partial charge is 0.258 e. The summed E-state index contributed by atoms with van der Waals surface area (Å²) in [4.78, 5) is 11.2. The molecule has 2 aromatic rings. The monoisotopic (exact) mass is 273 g/mol. The maximum Gasteiger partial charge on any atom is 0.269 e. The minimum absolute atomic E-state index is 0.0447. The summed E-state index contributed by atoms with van der Waals surface area (Å²) >= 11 is 1.66. The van der Waals surface area contributed by atoms with Crippen LogP contribution in [-0.4, -0.2) is 11.2 Å². The van der Waals surface area contributed by atoms with E-state index in [4.69, 9.17) is 0 Å². The molecule has 0 radical (unpaired) electrons. The van der Waals surface area contributed by atoms with Gasteiger partial charge in [-0.05, 0) is 42.7 Å². The van der Waals surface area contributed by atoms with Gasteiger partial charge in [-0.1, -0.05) is 0 Å². The highest BCUT2D eigenvalue weighted by molar-refractivity contribution is 7.98. The third-order valence-corrected chi connectivity index (χ3v) is 3.16. The van der Waals surface area contributed by atoms with Crippen LogP contribution in [0.2, 0.25) is 0 Å². The van der Waals surface area contributed by atoms with Crippen LogP contribution in [0.15, 0.2) is 63.7 Å². The quantitative estimate of drug-likeness (QED) is 0.350. The molecule has 6 heteroatoms. The van der Waals surface area contributed by atoms with Crippen LogP contribution in [0, 0.1) is 10.1 Å². The summed E-state index contributed by atoms with van der Waals surface area (Å²) < 4.78 is 0. The molecule has 0 bridgehead atoms. The van der Waals surface area contributed by atoms with Gasteiger partial charge in [0.05, 0.1) is 16.3 Å². The number of benzene rings is 2. The predicted octanol–water partition coefficient (Wildman–Crippen LogP) is 4.73. The highest BCUT2D eigenvalue weighted by Crippen LogP contribution is 2.23. The van der Waals surface area contributed by atoms with E-state index >= 15 is 0 Å². The number of hydrogen-bond donors (Lipinski definition) is 0. The highest BCUT2D eigenvalue weighted by atomic mass is 32.2. The Morgan fingerprint density at radius 1 is 0.947 bits per heavy atom. The van der Waals surface area contributed by atoms with Crippen LogP contribution in [-0.2, 0) is 0 Å². The standard InChI is InChI=1S/C13H11N3O2S/c1-19-13-8-4-11(5-9-13)15-14-10-2-6-12(7-3-10)16(17)18/h2-9H,1H3. The summed E-state index contributed by atoms with van der Waals surface area (Å²) in [6, 6.07) is 13.6. The molecule has 0 atom stereocenters. The van der Waals surface area contributed by atoms with Gasteiger partial charge in [0, 0.05) is 17.0 Å². The average Bonchev–Trinajstić information content (AvgIpc) is 2.46. The van der Waals surface area contributed by atoms with Crippen molar-refractivity contribution in [2.24, 2.45) is 10.2 Å². The third kappa shape index (κ3) is 3.62. The van der Waals surface area contributed by atoms with E-state index in [1.54, 1.807) is 23.9 Å². The molecular formula is C13H11N3O2S. The van der Waals surface area contributed by atoms with E-state index in [1.165, 1.54) is 12.1 Å². The van der Waals surface area contributed by atoms with Crippen molar-refractivity contribution in [3.05, 3.63) is 58.6 Å². The zero-order valence-corrected chi connectivity index (χ0v) is 11.0. The molecule has 0 amide bonds. The Balaban J connectivity index is 2.10. The number of non-ortho nitro benzene ring substituents is 1. The van der Waals surface area contributed by atoms with Gasteiger partial charge in [-0.3, -0.25) is 10.1 Å². The first-order valence-corrected chi connectivity index (χ1v) is 6.72. The first-order chi connectivity index (χ1) is 9.19. The largest absolute Gasteiger partial charge is 0.269 e. The molecule has 0 aliphatic heterocycles. The summed E-state index contributed by atoms with van der Waals surface area (Å²) in [7, 11) is 0. The van der Waals surface area contributed by atoms with Gasteiger partial charge in [0.1, 0.15) is 0 Å². The lowest BCUT2D eigenvalue weighted by molar-refractivity contribution is -0.384. The third-order valence-electron chi connectivity index (χ3n) is 2.41. The molecule has 0 fully saturated rings. The molecular weight excluding hydrogens is 262 g/mol. The Morgan fingerprint density at radius 2 is 1.42 bits per heavy atom. The number of azo groups is 1. The molecule has 19 heavy (non-hydrogen) atoms. The molecule has 0 saturated carbocycles. The summed E-state index contributed by atoms with van der Waals surface area (Å²) in [5, 5.41) is 18.6. The van der Waals surface area contributed by atoms with E-state index in [2.05, 4.69) is 10.2 Å². The Labute approximate surface area is 114 Å². The maximum absolute atomic E-state index is 10.5. The minimum atomic E-state index is -0.442. The number of hydrogen-bond acceptors (Lipinski definition) is 5. The SMILES string of the molecule is CSc1ccc(N=Nc2ccc([N+](=O)[O-])cc2)cc1. The van der Waals surface area contributed by atoms with Crippen molar-refractivity contribution in [2.45, 2.75) is 4.90 Å². The lowest BCUT2D eigenvalue weighted by Gasteiger charge is -1.96. The second kappa shape index (κ2) is 6.10. The van der Waals surface area contributed by atoms with E-state index in [0.29, 0.717) is 5.69 Å². The molecule has 0 saturated heterocycles. The second-order valence-electron chi connectivity index (χ2n) is 3.67. The zero-order valence-electron chi connectivity index (χ0n) is 10.2. The van der Waals surface area contributed by atoms with E-state index in [9.17, 15) is 10.1 Å². The molecule has 0 aliphatic rings. The fourth-order valence-electron chi connectivity index (χ4n) is 1.41. The summed E-state index contributed by atoms with van der Waals surface area (Å²) in [5.74, 6) is 0. The van der Waals surface area contributed by atoms with Crippen molar-refractivity contribution in [3.63, 3.8) is 0 Å². The van der Waals surface area contributed by atoms with Gasteiger partial charge in [-0.2, -0.15) is 10.2 Å². The van der Waals surface area contributed by atoms with Crippen LogP contribution in [0.3, 0.4) is 0 Å². The molecule has 0 heterocycles. The number of nitro groups is 1. The molecule has 96 valence electrons. The maximum atomic E-state index is 10.5. The van der Waals surface area contributed by atoms with Gasteiger partial charge >= 0.3 is 0 Å². The summed E-state index contributed by atoms with van der Waals surface area (Å²) in [5.41, 5.74) is 1.37. The Morgan fingerprint density at radius 3 is 1.84 bits per heavy atom. The molecule has 5 nitrogen and oxygen atoms in total. The van der Waals surface area contributed by atoms with Crippen LogP contribution in [0.5, 0.6) is 0 Å². The number of thioether (sulfide) groups is 1. The molecule has 0 aromatic heterocycles. The Kier molecular flexibility index (Phi) is 4.25. The topological polar surface area (TPSA) is 67.9 Å². The molecule has 0 unspecified atom stereocenters. The van der Waals surface area contributed by atoms with Crippen molar-refractivity contribution in [2.75, 3.05) is 6.26 Å². The predicted molar refractivity (Wildman–Crippen MR) is 75.5 cm³/mol. The number of nitro benzene ring substituents is 1. The molecule has 2 rings (SSSR count). The van der Waals surface area contributed by atoms with Gasteiger partial charge in [0.15, 0.2) is 0 Å². The van der Waals surface area contributed by atoms with Crippen LogP contribution in [0.25, 0.3) is 0 Å². The van der Waals surface area contributed by atoms with E-state index in [-0.39, 0.29) is 5.69 Å². The van der Waals surface area contributed by atoms with Crippen LogP contribution in [0.4, 0.5) is 17.1 Å². The molecule has 0 N–H and O–H groups in total. The van der Waals surface area contributed by atoms with Crippen molar-refractivity contribution in [1.82, 2.24) is 0 Å². The summed E-state index contributed by atoms with van der Waals surface area (Å²) in [6.07, 6.45) is 2.01. The van der Waals surface area contributed by atoms with Gasteiger partial charge in [-0.15, -0.1) is 11.8 Å². The lowest BCUT2D eigenvalue weighted by Crippen LogP contribution is -1.85. The fourth-order valence-corrected chi connectivity index (χ4v) is 1.81. The van der Waals surface area contributed by atoms with Crippen LogP contribution in [0.1, 0.15) is 0 Å². The van der Waals surface area contributed by atoms with Crippen molar-refractivity contribution in [1.29, 1.82) is 0 Å². The fraction of sp³-hybridized carbons (Fsp3) is 0.0769.